The van der Waals surface area contributed by atoms with Gasteiger partial charge in [-0.1, -0.05) is 23.4 Å². The first-order valence-electron chi connectivity index (χ1n) is 10.8. The van der Waals surface area contributed by atoms with Gasteiger partial charge in [0.2, 0.25) is 5.95 Å². The summed E-state index contributed by atoms with van der Waals surface area (Å²) >= 11 is 0. The molecule has 0 radical (unpaired) electrons. The summed E-state index contributed by atoms with van der Waals surface area (Å²) in [5, 5.41) is 22.5. The largest absolute Gasteiger partial charge is 0.444 e. The Hall–Kier alpha value is -3.84. The monoisotopic (exact) mass is 488 g/mol. The second-order valence-electron chi connectivity index (χ2n) is 8.29. The van der Waals surface area contributed by atoms with Gasteiger partial charge >= 0.3 is 6.09 Å². The van der Waals surface area contributed by atoms with Gasteiger partial charge in [0.15, 0.2) is 5.96 Å². The lowest BCUT2D eigenvalue weighted by atomic mass is 10.1. The lowest BCUT2D eigenvalue weighted by Crippen LogP contribution is -2.48. The number of hydrogen-bond acceptors (Lipinski definition) is 10. The molecule has 0 spiro atoms. The first kappa shape index (κ1) is 25.8. The average Bonchev–Trinajstić information content (AvgIpc) is 2.78. The maximum atomic E-state index is 14.9. The van der Waals surface area contributed by atoms with Crippen molar-refractivity contribution in [1.82, 2.24) is 20.2 Å². The number of aromatic nitrogens is 2. The van der Waals surface area contributed by atoms with E-state index in [0.717, 1.165) is 5.71 Å². The first-order chi connectivity index (χ1) is 16.8. The van der Waals surface area contributed by atoms with Crippen LogP contribution in [0.4, 0.5) is 15.1 Å². The van der Waals surface area contributed by atoms with Gasteiger partial charge < -0.3 is 30.2 Å². The summed E-state index contributed by atoms with van der Waals surface area (Å²) in [5.41, 5.74) is 6.78. The fourth-order valence-corrected chi connectivity index (χ4v) is 3.33. The smallest absolute Gasteiger partial charge is 0.414 e. The molecule has 35 heavy (non-hydrogen) atoms. The SMILES string of the molecule is CN(C)CC(CO)CON=C1CN(c2ncc(-c3cccc(COC(=O)NC(=N)N)c3F)cn2)C1. The number of ether oxygens (including phenoxy) is 1. The van der Waals surface area contributed by atoms with E-state index in [-0.39, 0.29) is 30.3 Å². The molecular formula is C22H29FN8O4. The number of halogens is 1. The normalized spacial score (nSPS) is 13.7. The number of rotatable bonds is 10. The summed E-state index contributed by atoms with van der Waals surface area (Å²) in [6, 6.07) is 4.70. The topological polar surface area (TPSA) is 162 Å². The van der Waals surface area contributed by atoms with Gasteiger partial charge in [0.05, 0.1) is 25.4 Å². The minimum absolute atomic E-state index is 0.00966. The number of aliphatic hydroxyl groups excluding tert-OH is 1. The number of guanidine groups is 1. The van der Waals surface area contributed by atoms with E-state index in [4.69, 9.17) is 20.7 Å². The fourth-order valence-electron chi connectivity index (χ4n) is 3.33. The third-order valence-electron chi connectivity index (χ3n) is 5.04. The Labute approximate surface area is 202 Å². The van der Waals surface area contributed by atoms with Gasteiger partial charge in [-0.3, -0.25) is 10.7 Å². The van der Waals surface area contributed by atoms with E-state index in [1.165, 1.54) is 18.5 Å². The molecule has 0 bridgehead atoms. The number of amides is 1. The molecule has 1 aromatic carbocycles. The van der Waals surface area contributed by atoms with E-state index in [9.17, 15) is 14.3 Å². The van der Waals surface area contributed by atoms with Crippen LogP contribution >= 0.6 is 0 Å². The van der Waals surface area contributed by atoms with Gasteiger partial charge in [-0.2, -0.15) is 0 Å². The maximum absolute atomic E-state index is 14.9. The van der Waals surface area contributed by atoms with Crippen LogP contribution in [0.2, 0.25) is 0 Å². The van der Waals surface area contributed by atoms with E-state index in [1.807, 2.05) is 29.2 Å². The van der Waals surface area contributed by atoms with Crippen LogP contribution < -0.4 is 16.0 Å². The van der Waals surface area contributed by atoms with Crippen molar-refractivity contribution in [3.63, 3.8) is 0 Å². The van der Waals surface area contributed by atoms with Crippen LogP contribution in [-0.4, -0.2) is 84.7 Å². The highest BCUT2D eigenvalue weighted by Crippen LogP contribution is 2.26. The van der Waals surface area contributed by atoms with Crippen molar-refractivity contribution in [3.8, 4) is 11.1 Å². The Bertz CT molecular complexity index is 1060. The summed E-state index contributed by atoms with van der Waals surface area (Å²) in [6.07, 6.45) is 2.10. The van der Waals surface area contributed by atoms with E-state index in [1.54, 1.807) is 12.1 Å². The van der Waals surface area contributed by atoms with Gasteiger partial charge in [-0.25, -0.2) is 19.2 Å². The number of hydrogen-bond donors (Lipinski definition) is 4. The molecule has 1 atom stereocenters. The molecule has 12 nitrogen and oxygen atoms in total. The Balaban J connectivity index is 1.54. The summed E-state index contributed by atoms with van der Waals surface area (Å²) < 4.78 is 19.8. The molecule has 5 N–H and O–H groups in total. The Morgan fingerprint density at radius 3 is 2.71 bits per heavy atom. The summed E-state index contributed by atoms with van der Waals surface area (Å²) in [7, 11) is 3.86. The van der Waals surface area contributed by atoms with E-state index in [0.29, 0.717) is 37.8 Å². The Morgan fingerprint density at radius 2 is 2.09 bits per heavy atom. The second-order valence-corrected chi connectivity index (χ2v) is 8.29. The Morgan fingerprint density at radius 1 is 1.37 bits per heavy atom. The lowest BCUT2D eigenvalue weighted by molar-refractivity contribution is 0.0650. The van der Waals surface area contributed by atoms with Crippen molar-refractivity contribution < 1.29 is 23.9 Å². The Kier molecular flexibility index (Phi) is 8.86. The van der Waals surface area contributed by atoms with E-state index in [2.05, 4.69) is 15.1 Å². The number of carbonyl (C=O) groups is 1. The van der Waals surface area contributed by atoms with Gasteiger partial charge in [-0.15, -0.1) is 0 Å². The van der Waals surface area contributed by atoms with Crippen LogP contribution in [0.1, 0.15) is 5.56 Å². The van der Waals surface area contributed by atoms with Gasteiger partial charge in [-0.05, 0) is 14.1 Å². The minimum Gasteiger partial charge on any atom is -0.444 e. The standard InChI is InChI=1S/C22H29FN8O4/c1-30(2)8-14(11-32)12-35-29-17-9-31(10-17)21-26-6-16(7-27-21)18-5-3-4-15(19(18)23)13-34-22(33)28-20(24)25/h3-7,14,32H,8-13H2,1-2H3,(H4,24,25,28,33). The number of nitrogens with zero attached hydrogens (tertiary/aromatic N) is 5. The molecule has 1 aliphatic heterocycles. The summed E-state index contributed by atoms with van der Waals surface area (Å²) in [5.74, 6) is -0.658. The summed E-state index contributed by atoms with van der Waals surface area (Å²) in [6.45, 7) is 1.77. The fraction of sp³-hybridized carbons (Fsp3) is 0.409. The molecule has 2 heterocycles. The predicted octanol–water partition coefficient (Wildman–Crippen LogP) is 0.765. The van der Waals surface area contributed by atoms with Gasteiger partial charge in [0.25, 0.3) is 0 Å². The molecule has 1 fully saturated rings. The number of nitrogens with two attached hydrogens (primary N) is 1. The molecule has 1 saturated heterocycles. The van der Waals surface area contributed by atoms with Crippen LogP contribution in [-0.2, 0) is 16.2 Å². The first-order valence-corrected chi connectivity index (χ1v) is 10.8. The highest BCUT2D eigenvalue weighted by molar-refractivity contribution is 5.98. The third kappa shape index (κ3) is 7.32. The molecule has 2 aromatic rings. The third-order valence-corrected chi connectivity index (χ3v) is 5.04. The van der Waals surface area contributed by atoms with Gasteiger partial charge in [0.1, 0.15) is 19.0 Å². The number of nitrogens with one attached hydrogen (secondary N) is 2. The maximum Gasteiger partial charge on any atom is 0.414 e. The number of oxime groups is 1. The highest BCUT2D eigenvalue weighted by Gasteiger charge is 2.25. The molecule has 3 rings (SSSR count). The van der Waals surface area contributed by atoms with Crippen molar-refractivity contribution in [3.05, 3.63) is 42.0 Å². The molecule has 13 heteroatoms. The molecule has 1 aromatic heterocycles. The van der Waals surface area contributed by atoms with Crippen LogP contribution in [0.25, 0.3) is 11.1 Å². The molecule has 1 unspecified atom stereocenters. The lowest BCUT2D eigenvalue weighted by Gasteiger charge is -2.32. The van der Waals surface area contributed by atoms with E-state index >= 15 is 0 Å². The quantitative estimate of drug-likeness (QED) is 0.215. The van der Waals surface area contributed by atoms with Crippen molar-refractivity contribution in [2.45, 2.75) is 6.61 Å². The highest BCUT2D eigenvalue weighted by atomic mass is 19.1. The predicted molar refractivity (Wildman–Crippen MR) is 127 cm³/mol. The summed E-state index contributed by atoms with van der Waals surface area (Å²) in [4.78, 5) is 29.4. The number of carbonyl (C=O) groups excluding carboxylic acids is 1. The van der Waals surface area contributed by atoms with Crippen LogP contribution in [0, 0.1) is 17.1 Å². The average molecular weight is 489 g/mol. The number of aliphatic hydroxyl groups is 1. The van der Waals surface area contributed by atoms with Crippen LogP contribution in [0.5, 0.6) is 0 Å². The number of alkyl carbamates (subject to hydrolysis) is 1. The van der Waals surface area contributed by atoms with Crippen LogP contribution in [0.15, 0.2) is 35.7 Å². The zero-order chi connectivity index (χ0) is 25.4. The molecule has 188 valence electrons. The van der Waals surface area contributed by atoms with Crippen LogP contribution in [0.3, 0.4) is 0 Å². The number of benzene rings is 1. The zero-order valence-corrected chi connectivity index (χ0v) is 19.6. The molecule has 1 amide bonds. The van der Waals surface area contributed by atoms with Crippen molar-refractivity contribution in [1.29, 1.82) is 5.41 Å². The molecule has 1 aliphatic rings. The van der Waals surface area contributed by atoms with Crippen molar-refractivity contribution in [2.24, 2.45) is 16.8 Å². The van der Waals surface area contributed by atoms with Gasteiger partial charge in [0, 0.05) is 41.5 Å². The molecular weight excluding hydrogens is 459 g/mol. The van der Waals surface area contributed by atoms with E-state index < -0.39 is 17.9 Å². The second kappa shape index (κ2) is 12.0. The molecule has 0 aliphatic carbocycles. The number of anilines is 1. The molecule has 0 saturated carbocycles. The van der Waals surface area contributed by atoms with Crippen molar-refractivity contribution >= 4 is 23.7 Å². The van der Waals surface area contributed by atoms with Crippen molar-refractivity contribution in [2.75, 3.05) is 51.8 Å². The minimum atomic E-state index is -0.945. The zero-order valence-electron chi connectivity index (χ0n) is 19.6.